The summed E-state index contributed by atoms with van der Waals surface area (Å²) < 4.78 is 30.7. The molecule has 2 heterocycles. The van der Waals surface area contributed by atoms with Gasteiger partial charge in [-0.25, -0.2) is 13.2 Å². The van der Waals surface area contributed by atoms with Gasteiger partial charge in [0.15, 0.2) is 0 Å². The molecule has 1 saturated heterocycles. The molecular weight excluding hydrogens is 440 g/mol. The van der Waals surface area contributed by atoms with Crippen LogP contribution < -0.4 is 5.69 Å². The molecule has 0 saturated carbocycles. The maximum absolute atomic E-state index is 13.2. The Balaban J connectivity index is 1.30. The van der Waals surface area contributed by atoms with Crippen LogP contribution in [0.1, 0.15) is 0 Å². The van der Waals surface area contributed by atoms with E-state index >= 15 is 0 Å². The normalized spacial score (nSPS) is 15.4. The fourth-order valence-corrected chi connectivity index (χ4v) is 5.86. The van der Waals surface area contributed by atoms with Gasteiger partial charge in [-0.2, -0.15) is 4.31 Å². The maximum Gasteiger partial charge on any atom is 0.329 e. The summed E-state index contributed by atoms with van der Waals surface area (Å²) in [6, 6.07) is 20.1. The minimum Gasteiger partial charge on any atom is -0.338 e. The van der Waals surface area contributed by atoms with Gasteiger partial charge in [-0.05, 0) is 35.0 Å². The fourth-order valence-electron chi connectivity index (χ4n) is 4.41. The Bertz CT molecular complexity index is 1530. The summed E-state index contributed by atoms with van der Waals surface area (Å²) in [7, 11) is -1.97. The molecule has 0 atom stereocenters. The lowest BCUT2D eigenvalue weighted by Gasteiger charge is -2.34. The number of para-hydroxylation sites is 2. The van der Waals surface area contributed by atoms with Crippen LogP contribution in [-0.2, 0) is 28.4 Å². The fraction of sp³-hybridized carbons (Fsp3) is 0.250. The second-order valence-corrected chi connectivity index (χ2v) is 10.1. The van der Waals surface area contributed by atoms with Crippen molar-refractivity contribution < 1.29 is 13.2 Å². The largest absolute Gasteiger partial charge is 0.338 e. The Morgan fingerprint density at radius 3 is 2.21 bits per heavy atom. The van der Waals surface area contributed by atoms with Gasteiger partial charge in [0.1, 0.15) is 6.54 Å². The van der Waals surface area contributed by atoms with Gasteiger partial charge < -0.3 is 4.90 Å². The SMILES string of the molecule is Cn1c(=O)n(CC(=O)N2CCN(S(=O)(=O)c3ccc4ccccc4c3)CC2)c2ccccc21. The Hall–Kier alpha value is -3.43. The second-order valence-electron chi connectivity index (χ2n) is 8.21. The minimum absolute atomic E-state index is 0.0718. The second kappa shape index (κ2) is 8.17. The third-order valence-electron chi connectivity index (χ3n) is 6.30. The zero-order chi connectivity index (χ0) is 23.2. The molecule has 1 fully saturated rings. The molecule has 1 aromatic heterocycles. The molecular formula is C24H24N4O4S. The van der Waals surface area contributed by atoms with Crippen LogP contribution in [0.2, 0.25) is 0 Å². The summed E-state index contributed by atoms with van der Waals surface area (Å²) in [5.41, 5.74) is 1.22. The van der Waals surface area contributed by atoms with Crippen LogP contribution in [0.15, 0.2) is 76.4 Å². The molecule has 0 unspecified atom stereocenters. The number of piperazine rings is 1. The van der Waals surface area contributed by atoms with Gasteiger partial charge in [0.2, 0.25) is 15.9 Å². The molecule has 3 aromatic carbocycles. The van der Waals surface area contributed by atoms with Crippen molar-refractivity contribution in [3.63, 3.8) is 0 Å². The number of carbonyl (C=O) groups is 1. The first-order chi connectivity index (χ1) is 15.9. The minimum atomic E-state index is -3.66. The van der Waals surface area contributed by atoms with Gasteiger partial charge in [0, 0.05) is 33.2 Å². The Morgan fingerprint density at radius 1 is 0.848 bits per heavy atom. The molecule has 5 rings (SSSR count). The van der Waals surface area contributed by atoms with Gasteiger partial charge in [0.05, 0.1) is 15.9 Å². The smallest absolute Gasteiger partial charge is 0.329 e. The van der Waals surface area contributed by atoms with E-state index < -0.39 is 10.0 Å². The monoisotopic (exact) mass is 464 g/mol. The summed E-state index contributed by atoms with van der Waals surface area (Å²) in [5, 5.41) is 1.85. The van der Waals surface area contributed by atoms with Gasteiger partial charge in [-0.3, -0.25) is 13.9 Å². The summed E-state index contributed by atoms with van der Waals surface area (Å²) in [4.78, 5) is 27.4. The van der Waals surface area contributed by atoms with Crippen LogP contribution in [0.5, 0.6) is 0 Å². The number of fused-ring (bicyclic) bond motifs is 2. The highest BCUT2D eigenvalue weighted by molar-refractivity contribution is 7.89. The van der Waals surface area contributed by atoms with Crippen molar-refractivity contribution >= 4 is 37.7 Å². The number of aromatic nitrogens is 2. The molecule has 9 heteroatoms. The number of hydrogen-bond acceptors (Lipinski definition) is 4. The highest BCUT2D eigenvalue weighted by Gasteiger charge is 2.30. The van der Waals surface area contributed by atoms with E-state index in [9.17, 15) is 18.0 Å². The average Bonchev–Trinajstić information content (AvgIpc) is 3.08. The molecule has 33 heavy (non-hydrogen) atoms. The van der Waals surface area contributed by atoms with Gasteiger partial charge >= 0.3 is 5.69 Å². The maximum atomic E-state index is 13.2. The van der Waals surface area contributed by atoms with E-state index in [1.54, 1.807) is 24.1 Å². The zero-order valence-corrected chi connectivity index (χ0v) is 19.0. The van der Waals surface area contributed by atoms with Crippen molar-refractivity contribution in [1.82, 2.24) is 18.3 Å². The van der Waals surface area contributed by atoms with Crippen LogP contribution in [0.3, 0.4) is 0 Å². The van der Waals surface area contributed by atoms with E-state index in [0.29, 0.717) is 5.52 Å². The number of amides is 1. The van der Waals surface area contributed by atoms with Gasteiger partial charge in [-0.1, -0.05) is 42.5 Å². The quantitative estimate of drug-likeness (QED) is 0.463. The van der Waals surface area contributed by atoms with Crippen LogP contribution in [0, 0.1) is 0 Å². The van der Waals surface area contributed by atoms with Crippen molar-refractivity contribution in [3.05, 3.63) is 77.2 Å². The van der Waals surface area contributed by atoms with E-state index in [1.807, 2.05) is 54.6 Å². The highest BCUT2D eigenvalue weighted by Crippen LogP contribution is 2.23. The van der Waals surface area contributed by atoms with E-state index in [0.717, 1.165) is 16.3 Å². The zero-order valence-electron chi connectivity index (χ0n) is 18.2. The van der Waals surface area contributed by atoms with Crippen molar-refractivity contribution in [1.29, 1.82) is 0 Å². The Labute approximate surface area is 191 Å². The van der Waals surface area contributed by atoms with Gasteiger partial charge in [0.25, 0.3) is 0 Å². The number of imidazole rings is 1. The predicted molar refractivity (Wildman–Crippen MR) is 126 cm³/mol. The number of rotatable bonds is 4. The topological polar surface area (TPSA) is 84.6 Å². The summed E-state index contributed by atoms with van der Waals surface area (Å²) in [6.07, 6.45) is 0. The highest BCUT2D eigenvalue weighted by atomic mass is 32.2. The number of carbonyl (C=O) groups excluding carboxylic acids is 1. The number of nitrogens with zero attached hydrogens (tertiary/aromatic N) is 4. The molecule has 0 spiro atoms. The van der Waals surface area contributed by atoms with Crippen LogP contribution in [0.4, 0.5) is 0 Å². The number of sulfonamides is 1. The summed E-state index contributed by atoms with van der Waals surface area (Å²) in [6.45, 7) is 0.921. The number of aryl methyl sites for hydroxylation is 1. The van der Waals surface area contributed by atoms with E-state index in [2.05, 4.69) is 0 Å². The van der Waals surface area contributed by atoms with Crippen molar-refractivity contribution in [2.75, 3.05) is 26.2 Å². The lowest BCUT2D eigenvalue weighted by molar-refractivity contribution is -0.133. The Morgan fingerprint density at radius 2 is 1.48 bits per heavy atom. The lowest BCUT2D eigenvalue weighted by atomic mass is 10.1. The molecule has 4 aromatic rings. The lowest BCUT2D eigenvalue weighted by Crippen LogP contribution is -2.51. The first-order valence-electron chi connectivity index (χ1n) is 10.8. The Kier molecular flexibility index (Phi) is 5.30. The van der Waals surface area contributed by atoms with Crippen molar-refractivity contribution in [2.24, 2.45) is 7.05 Å². The molecule has 0 bridgehead atoms. The van der Waals surface area contributed by atoms with E-state index in [1.165, 1.54) is 13.4 Å². The van der Waals surface area contributed by atoms with Crippen LogP contribution >= 0.6 is 0 Å². The number of hydrogen-bond donors (Lipinski definition) is 0. The molecule has 0 aliphatic carbocycles. The van der Waals surface area contributed by atoms with E-state index in [-0.39, 0.29) is 49.2 Å². The van der Waals surface area contributed by atoms with Crippen molar-refractivity contribution in [2.45, 2.75) is 11.4 Å². The third kappa shape index (κ3) is 3.73. The third-order valence-corrected chi connectivity index (χ3v) is 8.19. The average molecular weight is 465 g/mol. The molecule has 170 valence electrons. The summed E-state index contributed by atoms with van der Waals surface area (Å²) in [5.74, 6) is -0.198. The van der Waals surface area contributed by atoms with Crippen molar-refractivity contribution in [3.8, 4) is 0 Å². The molecule has 1 amide bonds. The molecule has 1 aliphatic rings. The predicted octanol–water partition coefficient (Wildman–Crippen LogP) is 2.03. The molecule has 1 aliphatic heterocycles. The molecule has 0 N–H and O–H groups in total. The summed E-state index contributed by atoms with van der Waals surface area (Å²) >= 11 is 0. The van der Waals surface area contributed by atoms with Crippen LogP contribution in [0.25, 0.3) is 21.8 Å². The standard InChI is InChI=1S/C24H24N4O4S/c1-25-21-8-4-5-9-22(21)28(24(25)30)17-23(29)26-12-14-27(15-13-26)33(31,32)20-11-10-18-6-2-3-7-19(18)16-20/h2-11,16H,12-15,17H2,1H3. The molecule has 0 radical (unpaired) electrons. The number of benzene rings is 3. The first-order valence-corrected chi connectivity index (χ1v) is 12.2. The first kappa shape index (κ1) is 21.4. The van der Waals surface area contributed by atoms with Crippen LogP contribution in [-0.4, -0.2) is 58.8 Å². The van der Waals surface area contributed by atoms with Gasteiger partial charge in [-0.15, -0.1) is 0 Å². The van der Waals surface area contributed by atoms with E-state index in [4.69, 9.17) is 0 Å². The molecule has 8 nitrogen and oxygen atoms in total.